The molecule has 0 radical (unpaired) electrons. The molecule has 1 saturated heterocycles. The van der Waals surface area contributed by atoms with E-state index < -0.39 is 5.60 Å². The number of likely N-dealkylation sites (tertiary alicyclic amines) is 1. The van der Waals surface area contributed by atoms with Gasteiger partial charge in [-0.1, -0.05) is 0 Å². The van der Waals surface area contributed by atoms with Gasteiger partial charge in [-0.05, 0) is 37.0 Å². The molecule has 0 unspecified atom stereocenters. The maximum Gasteiger partial charge on any atom is 0.260 e. The molecule has 4 heterocycles. The van der Waals surface area contributed by atoms with Crippen LogP contribution in [0.3, 0.4) is 0 Å². The van der Waals surface area contributed by atoms with Crippen LogP contribution in [-0.2, 0) is 16.8 Å². The van der Waals surface area contributed by atoms with Crippen molar-refractivity contribution in [3.8, 4) is 0 Å². The SMILES string of the molecule is CN(C)c1ncc2c(n1)C1(CCN(C(=O)c3ccc[nH]c3=O)CC1)OCC2. The molecule has 2 aliphatic rings. The summed E-state index contributed by atoms with van der Waals surface area (Å²) < 4.78 is 6.21. The lowest BCUT2D eigenvalue weighted by Crippen LogP contribution is -2.49. The molecule has 2 aromatic heterocycles. The van der Waals surface area contributed by atoms with E-state index in [1.165, 1.54) is 6.20 Å². The summed E-state index contributed by atoms with van der Waals surface area (Å²) in [5, 5.41) is 0. The molecule has 1 amide bonds. The smallest absolute Gasteiger partial charge is 0.260 e. The lowest BCUT2D eigenvalue weighted by molar-refractivity contribution is -0.0967. The van der Waals surface area contributed by atoms with Crippen LogP contribution in [0.1, 0.15) is 34.5 Å². The van der Waals surface area contributed by atoms with E-state index in [1.54, 1.807) is 17.0 Å². The van der Waals surface area contributed by atoms with Gasteiger partial charge in [-0.3, -0.25) is 9.59 Å². The molecule has 2 aromatic rings. The second-order valence-electron chi connectivity index (χ2n) is 7.24. The molecule has 0 atom stereocenters. The number of carbonyl (C=O) groups excluding carboxylic acids is 1. The minimum Gasteiger partial charge on any atom is -0.368 e. The Morgan fingerprint density at radius 3 is 2.81 bits per heavy atom. The van der Waals surface area contributed by atoms with Crippen LogP contribution in [0.25, 0.3) is 0 Å². The van der Waals surface area contributed by atoms with E-state index in [-0.39, 0.29) is 17.0 Å². The number of H-pyrrole nitrogens is 1. The maximum absolute atomic E-state index is 12.7. The maximum atomic E-state index is 12.7. The Kier molecular flexibility index (Phi) is 4.43. The molecule has 8 nitrogen and oxygen atoms in total. The average Bonchev–Trinajstić information content (AvgIpc) is 2.68. The first-order chi connectivity index (χ1) is 13.0. The zero-order valence-corrected chi connectivity index (χ0v) is 15.6. The number of nitrogens with zero attached hydrogens (tertiary/aromatic N) is 4. The average molecular weight is 369 g/mol. The molecule has 4 rings (SSSR count). The van der Waals surface area contributed by atoms with E-state index in [0.717, 1.165) is 17.7 Å². The minimum absolute atomic E-state index is 0.177. The zero-order valence-electron chi connectivity index (χ0n) is 15.6. The Morgan fingerprint density at radius 1 is 1.33 bits per heavy atom. The molecule has 1 fully saturated rings. The van der Waals surface area contributed by atoms with Gasteiger partial charge in [-0.15, -0.1) is 0 Å². The highest BCUT2D eigenvalue weighted by atomic mass is 16.5. The van der Waals surface area contributed by atoms with Crippen molar-refractivity contribution < 1.29 is 9.53 Å². The Labute approximate surface area is 157 Å². The fourth-order valence-corrected chi connectivity index (χ4v) is 3.83. The van der Waals surface area contributed by atoms with Gasteiger partial charge in [0.25, 0.3) is 11.5 Å². The van der Waals surface area contributed by atoms with Crippen molar-refractivity contribution in [2.24, 2.45) is 0 Å². The van der Waals surface area contributed by atoms with Crippen LogP contribution in [0.2, 0.25) is 0 Å². The number of nitrogens with one attached hydrogen (secondary N) is 1. The molecule has 0 aromatic carbocycles. The summed E-state index contributed by atoms with van der Waals surface area (Å²) in [6.07, 6.45) is 5.52. The van der Waals surface area contributed by atoms with Crippen molar-refractivity contribution in [3.05, 3.63) is 51.7 Å². The normalized spacial score (nSPS) is 18.2. The lowest BCUT2D eigenvalue weighted by atomic mass is 9.83. The monoisotopic (exact) mass is 369 g/mol. The van der Waals surface area contributed by atoms with Crippen molar-refractivity contribution >= 4 is 11.9 Å². The van der Waals surface area contributed by atoms with Crippen LogP contribution in [0.15, 0.2) is 29.3 Å². The fraction of sp³-hybridized carbons (Fsp3) is 0.474. The van der Waals surface area contributed by atoms with Crippen LogP contribution in [0.4, 0.5) is 5.95 Å². The number of aromatic amines is 1. The first-order valence-corrected chi connectivity index (χ1v) is 9.15. The summed E-state index contributed by atoms with van der Waals surface area (Å²) in [4.78, 5) is 40.0. The number of pyridine rings is 1. The Balaban J connectivity index is 1.58. The minimum atomic E-state index is -0.485. The molecule has 0 bridgehead atoms. The van der Waals surface area contributed by atoms with Gasteiger partial charge in [-0.25, -0.2) is 9.97 Å². The van der Waals surface area contributed by atoms with Crippen LogP contribution in [-0.4, -0.2) is 59.6 Å². The fourth-order valence-electron chi connectivity index (χ4n) is 3.83. The molecule has 8 heteroatoms. The number of aromatic nitrogens is 3. The lowest BCUT2D eigenvalue weighted by Gasteiger charge is -2.44. The topological polar surface area (TPSA) is 91.4 Å². The van der Waals surface area contributed by atoms with Crippen LogP contribution >= 0.6 is 0 Å². The van der Waals surface area contributed by atoms with Gasteiger partial charge in [0, 0.05) is 39.6 Å². The van der Waals surface area contributed by atoms with Crippen LogP contribution < -0.4 is 10.5 Å². The van der Waals surface area contributed by atoms with Crippen LogP contribution in [0.5, 0.6) is 0 Å². The summed E-state index contributed by atoms with van der Waals surface area (Å²) in [6, 6.07) is 3.23. The number of piperidine rings is 1. The summed E-state index contributed by atoms with van der Waals surface area (Å²) >= 11 is 0. The van der Waals surface area contributed by atoms with Gasteiger partial charge in [0.15, 0.2) is 0 Å². The predicted molar refractivity (Wildman–Crippen MR) is 99.9 cm³/mol. The van der Waals surface area contributed by atoms with Gasteiger partial charge >= 0.3 is 0 Å². The van der Waals surface area contributed by atoms with Gasteiger partial charge in [0.2, 0.25) is 5.95 Å². The van der Waals surface area contributed by atoms with Crippen molar-refractivity contribution in [3.63, 3.8) is 0 Å². The summed E-state index contributed by atoms with van der Waals surface area (Å²) in [5.74, 6) is 0.423. The number of carbonyl (C=O) groups is 1. The van der Waals surface area contributed by atoms with Crippen LogP contribution in [0, 0.1) is 0 Å². The molecular weight excluding hydrogens is 346 g/mol. The number of hydrogen-bond donors (Lipinski definition) is 1. The van der Waals surface area contributed by atoms with Crippen molar-refractivity contribution in [1.29, 1.82) is 0 Å². The first kappa shape index (κ1) is 17.7. The second kappa shape index (κ2) is 6.77. The predicted octanol–water partition coefficient (Wildman–Crippen LogP) is 0.935. The van der Waals surface area contributed by atoms with Crippen molar-refractivity contribution in [1.82, 2.24) is 19.9 Å². The highest BCUT2D eigenvalue weighted by Gasteiger charge is 2.43. The highest BCUT2D eigenvalue weighted by molar-refractivity contribution is 5.93. The molecule has 1 N–H and O–H groups in total. The molecular formula is C19H23N5O3. The van der Waals surface area contributed by atoms with E-state index in [0.29, 0.717) is 38.5 Å². The number of ether oxygens (including phenoxy) is 1. The highest BCUT2D eigenvalue weighted by Crippen LogP contribution is 2.40. The standard InChI is InChI=1S/C19H23N5O3/c1-23(2)18-21-12-13-5-11-27-19(15(13)22-18)6-9-24(10-7-19)17(26)14-4-3-8-20-16(14)25/h3-4,8,12H,5-7,9-11H2,1-2H3,(H,20,25). The first-order valence-electron chi connectivity index (χ1n) is 9.15. The Morgan fingerprint density at radius 2 is 2.11 bits per heavy atom. The molecule has 1 spiro atoms. The largest absolute Gasteiger partial charge is 0.368 e. The number of hydrogen-bond acceptors (Lipinski definition) is 6. The quantitative estimate of drug-likeness (QED) is 0.847. The van der Waals surface area contributed by atoms with E-state index >= 15 is 0 Å². The van der Waals surface area contributed by atoms with Gasteiger partial charge in [-0.2, -0.15) is 0 Å². The van der Waals surface area contributed by atoms with E-state index in [4.69, 9.17) is 9.72 Å². The number of amides is 1. The zero-order chi connectivity index (χ0) is 19.0. The number of anilines is 1. The van der Waals surface area contributed by atoms with Gasteiger partial charge < -0.3 is 19.5 Å². The summed E-state index contributed by atoms with van der Waals surface area (Å²) in [6.45, 7) is 1.67. The van der Waals surface area contributed by atoms with E-state index in [1.807, 2.05) is 25.2 Å². The van der Waals surface area contributed by atoms with Crippen molar-refractivity contribution in [2.45, 2.75) is 24.9 Å². The third-order valence-electron chi connectivity index (χ3n) is 5.34. The molecule has 27 heavy (non-hydrogen) atoms. The van der Waals surface area contributed by atoms with Crippen molar-refractivity contribution in [2.75, 3.05) is 38.7 Å². The Bertz CT molecular complexity index is 916. The second-order valence-corrected chi connectivity index (χ2v) is 7.24. The Hall–Kier alpha value is -2.74. The van der Waals surface area contributed by atoms with E-state index in [2.05, 4.69) is 9.97 Å². The third kappa shape index (κ3) is 3.10. The van der Waals surface area contributed by atoms with E-state index in [9.17, 15) is 9.59 Å². The van der Waals surface area contributed by atoms with Gasteiger partial charge in [0.1, 0.15) is 11.2 Å². The molecule has 142 valence electrons. The number of fused-ring (bicyclic) bond motifs is 2. The summed E-state index contributed by atoms with van der Waals surface area (Å²) in [7, 11) is 3.83. The summed E-state index contributed by atoms with van der Waals surface area (Å²) in [5.41, 5.74) is 1.39. The molecule has 2 aliphatic heterocycles. The van der Waals surface area contributed by atoms with Gasteiger partial charge in [0.05, 0.1) is 12.3 Å². The molecule has 0 aliphatic carbocycles. The number of rotatable bonds is 2. The third-order valence-corrected chi connectivity index (χ3v) is 5.34. The molecule has 0 saturated carbocycles.